The van der Waals surface area contributed by atoms with Crippen molar-refractivity contribution in [2.24, 2.45) is 0 Å². The smallest absolute Gasteiger partial charge is 0.417 e. The third-order valence-electron chi connectivity index (χ3n) is 4.07. The summed E-state index contributed by atoms with van der Waals surface area (Å²) in [7, 11) is 1.51. The Hall–Kier alpha value is -3.55. The molecular formula is C19H19N3O5. The number of nitrogens with zero attached hydrogens (tertiary/aromatic N) is 1. The average Bonchev–Trinajstić information content (AvgIpc) is 3.00. The summed E-state index contributed by atoms with van der Waals surface area (Å²) in [6.45, 7) is -0.311. The number of hydrogen-bond acceptors (Lipinski definition) is 5. The normalized spacial score (nSPS) is 14.5. The Kier molecular flexibility index (Phi) is 5.55. The molecule has 0 radical (unpaired) electrons. The van der Waals surface area contributed by atoms with Crippen molar-refractivity contribution in [1.29, 1.82) is 0 Å². The number of amides is 4. The van der Waals surface area contributed by atoms with Gasteiger partial charge in [-0.15, -0.1) is 0 Å². The molecule has 2 aromatic rings. The molecule has 4 amide bonds. The highest BCUT2D eigenvalue weighted by Gasteiger charge is 2.33. The number of cyclic esters (lactones) is 1. The summed E-state index contributed by atoms with van der Waals surface area (Å²) in [4.78, 5) is 37.1. The van der Waals surface area contributed by atoms with Gasteiger partial charge in [-0.25, -0.2) is 14.5 Å². The number of para-hydroxylation sites is 2. The van der Waals surface area contributed by atoms with Crippen molar-refractivity contribution in [1.82, 2.24) is 10.2 Å². The highest BCUT2D eigenvalue weighted by Crippen LogP contribution is 2.23. The highest BCUT2D eigenvalue weighted by molar-refractivity contribution is 5.98. The predicted octanol–water partition coefficient (Wildman–Crippen LogP) is 2.54. The van der Waals surface area contributed by atoms with Crippen molar-refractivity contribution in [2.75, 3.05) is 25.6 Å². The van der Waals surface area contributed by atoms with Crippen molar-refractivity contribution >= 4 is 23.7 Å². The van der Waals surface area contributed by atoms with Gasteiger partial charge < -0.3 is 20.1 Å². The van der Waals surface area contributed by atoms with Crippen LogP contribution in [0.15, 0.2) is 54.6 Å². The topological polar surface area (TPSA) is 97.0 Å². The molecule has 1 fully saturated rings. The Balaban J connectivity index is 1.76. The molecule has 2 N–H and O–H groups in total. The summed E-state index contributed by atoms with van der Waals surface area (Å²) < 4.78 is 9.95. The van der Waals surface area contributed by atoms with Gasteiger partial charge in [0, 0.05) is 0 Å². The second kappa shape index (κ2) is 8.22. The quantitative estimate of drug-likeness (QED) is 0.816. The lowest BCUT2D eigenvalue weighted by atomic mass is 10.1. The number of urea groups is 1. The first-order valence-electron chi connectivity index (χ1n) is 8.31. The van der Waals surface area contributed by atoms with Crippen LogP contribution in [0.25, 0.3) is 0 Å². The molecule has 8 nitrogen and oxygen atoms in total. The minimum absolute atomic E-state index is 0.0268. The number of imide groups is 1. The van der Waals surface area contributed by atoms with Crippen LogP contribution in [0.1, 0.15) is 11.6 Å². The van der Waals surface area contributed by atoms with Gasteiger partial charge in [-0.05, 0) is 17.7 Å². The molecule has 1 aliphatic heterocycles. The van der Waals surface area contributed by atoms with E-state index in [0.29, 0.717) is 11.4 Å². The first-order chi connectivity index (χ1) is 13.1. The molecule has 1 aliphatic rings. The summed E-state index contributed by atoms with van der Waals surface area (Å²) in [6.07, 6.45) is -0.715. The van der Waals surface area contributed by atoms with Gasteiger partial charge in [0.05, 0.1) is 25.4 Å². The van der Waals surface area contributed by atoms with E-state index in [2.05, 4.69) is 10.6 Å². The number of ether oxygens (including phenoxy) is 2. The molecule has 0 aromatic heterocycles. The van der Waals surface area contributed by atoms with Crippen LogP contribution in [0, 0.1) is 0 Å². The molecule has 0 saturated carbocycles. The number of rotatable bonds is 6. The lowest BCUT2D eigenvalue weighted by Crippen LogP contribution is -2.41. The van der Waals surface area contributed by atoms with E-state index in [1.807, 2.05) is 18.2 Å². The van der Waals surface area contributed by atoms with Crippen LogP contribution in [0.4, 0.5) is 15.3 Å². The summed E-state index contributed by atoms with van der Waals surface area (Å²) in [5, 5.41) is 5.51. The van der Waals surface area contributed by atoms with E-state index in [-0.39, 0.29) is 13.2 Å². The lowest BCUT2D eigenvalue weighted by molar-refractivity contribution is -0.126. The average molecular weight is 369 g/mol. The van der Waals surface area contributed by atoms with Crippen molar-refractivity contribution < 1.29 is 23.9 Å². The molecule has 8 heteroatoms. The third kappa shape index (κ3) is 4.35. The SMILES string of the molecule is COc1ccccc1NC(=O)NC(CN1C(=O)COC1=O)c1ccccc1. The molecule has 0 bridgehead atoms. The number of anilines is 1. The lowest BCUT2D eigenvalue weighted by Gasteiger charge is -2.23. The van der Waals surface area contributed by atoms with Crippen LogP contribution in [0.3, 0.4) is 0 Å². The zero-order chi connectivity index (χ0) is 19.2. The minimum Gasteiger partial charge on any atom is -0.495 e. The first-order valence-corrected chi connectivity index (χ1v) is 8.31. The maximum atomic E-state index is 12.5. The first kappa shape index (κ1) is 18.2. The maximum absolute atomic E-state index is 12.5. The Labute approximate surface area is 156 Å². The zero-order valence-corrected chi connectivity index (χ0v) is 14.7. The molecule has 1 unspecified atom stereocenters. The van der Waals surface area contributed by atoms with E-state index in [9.17, 15) is 14.4 Å². The fourth-order valence-electron chi connectivity index (χ4n) is 2.72. The van der Waals surface area contributed by atoms with Gasteiger partial charge in [0.25, 0.3) is 5.91 Å². The van der Waals surface area contributed by atoms with Crippen molar-refractivity contribution in [3.63, 3.8) is 0 Å². The number of benzene rings is 2. The standard InChI is InChI=1S/C19H19N3O5/c1-26-16-10-6-5-9-14(16)20-18(24)21-15(13-7-3-2-4-8-13)11-22-17(23)12-27-19(22)25/h2-10,15H,11-12H2,1H3,(H2,20,21,24). The van der Waals surface area contributed by atoms with Crippen molar-refractivity contribution in [2.45, 2.75) is 6.04 Å². The summed E-state index contributed by atoms with van der Waals surface area (Å²) in [5.41, 5.74) is 1.25. The summed E-state index contributed by atoms with van der Waals surface area (Å²) >= 11 is 0. The fraction of sp³-hybridized carbons (Fsp3) is 0.211. The largest absolute Gasteiger partial charge is 0.495 e. The molecule has 0 spiro atoms. The van der Waals surface area contributed by atoms with Crippen LogP contribution < -0.4 is 15.4 Å². The van der Waals surface area contributed by atoms with E-state index in [0.717, 1.165) is 10.5 Å². The Morgan fingerprint density at radius 2 is 1.85 bits per heavy atom. The van der Waals surface area contributed by atoms with E-state index < -0.39 is 24.1 Å². The van der Waals surface area contributed by atoms with Crippen LogP contribution in [-0.2, 0) is 9.53 Å². The van der Waals surface area contributed by atoms with Crippen molar-refractivity contribution in [3.05, 3.63) is 60.2 Å². The third-order valence-corrected chi connectivity index (χ3v) is 4.07. The molecule has 1 saturated heterocycles. The zero-order valence-electron chi connectivity index (χ0n) is 14.7. The molecule has 1 heterocycles. The monoisotopic (exact) mass is 369 g/mol. The second-order valence-corrected chi connectivity index (χ2v) is 5.82. The van der Waals surface area contributed by atoms with Gasteiger partial charge in [0.2, 0.25) is 0 Å². The maximum Gasteiger partial charge on any atom is 0.417 e. The molecule has 0 aliphatic carbocycles. The van der Waals surface area contributed by atoms with Crippen molar-refractivity contribution in [3.8, 4) is 5.75 Å². The van der Waals surface area contributed by atoms with Gasteiger partial charge in [-0.3, -0.25) is 4.79 Å². The van der Waals surface area contributed by atoms with E-state index >= 15 is 0 Å². The predicted molar refractivity (Wildman–Crippen MR) is 97.4 cm³/mol. The molecule has 140 valence electrons. The Morgan fingerprint density at radius 3 is 2.52 bits per heavy atom. The highest BCUT2D eigenvalue weighted by atomic mass is 16.6. The van der Waals surface area contributed by atoms with Gasteiger partial charge in [0.1, 0.15) is 5.75 Å². The summed E-state index contributed by atoms with van der Waals surface area (Å²) in [5.74, 6) is 0.0788. The fourth-order valence-corrected chi connectivity index (χ4v) is 2.72. The number of carbonyl (C=O) groups is 3. The Bertz CT molecular complexity index is 824. The molecular weight excluding hydrogens is 350 g/mol. The minimum atomic E-state index is -0.715. The van der Waals surface area contributed by atoms with Crippen LogP contribution in [-0.4, -0.2) is 43.2 Å². The number of methoxy groups -OCH3 is 1. The van der Waals surface area contributed by atoms with Gasteiger partial charge in [0.15, 0.2) is 6.61 Å². The molecule has 2 aromatic carbocycles. The molecule has 1 atom stereocenters. The number of hydrogen-bond donors (Lipinski definition) is 2. The van der Waals surface area contributed by atoms with E-state index in [4.69, 9.17) is 9.47 Å². The van der Waals surface area contributed by atoms with Gasteiger partial charge in [-0.2, -0.15) is 0 Å². The molecule has 3 rings (SSSR count). The van der Waals surface area contributed by atoms with Gasteiger partial charge in [-0.1, -0.05) is 42.5 Å². The van der Waals surface area contributed by atoms with E-state index in [1.165, 1.54) is 7.11 Å². The van der Waals surface area contributed by atoms with E-state index in [1.54, 1.807) is 36.4 Å². The summed E-state index contributed by atoms with van der Waals surface area (Å²) in [6, 6.07) is 15.0. The van der Waals surface area contributed by atoms with Crippen LogP contribution in [0.2, 0.25) is 0 Å². The second-order valence-electron chi connectivity index (χ2n) is 5.82. The van der Waals surface area contributed by atoms with Crippen LogP contribution >= 0.6 is 0 Å². The van der Waals surface area contributed by atoms with Gasteiger partial charge >= 0.3 is 12.1 Å². The number of carbonyl (C=O) groups excluding carboxylic acids is 3. The van der Waals surface area contributed by atoms with Crippen LogP contribution in [0.5, 0.6) is 5.75 Å². The number of nitrogens with one attached hydrogen (secondary N) is 2. The Morgan fingerprint density at radius 1 is 1.15 bits per heavy atom. The molecule has 27 heavy (non-hydrogen) atoms.